The quantitative estimate of drug-likeness (QED) is 0.675. The van der Waals surface area contributed by atoms with Gasteiger partial charge in [0, 0.05) is 28.8 Å². The van der Waals surface area contributed by atoms with Crippen molar-refractivity contribution in [2.24, 2.45) is 11.8 Å². The van der Waals surface area contributed by atoms with Gasteiger partial charge in [0.25, 0.3) is 0 Å². The number of piperidine rings is 1. The molecule has 2 saturated heterocycles. The van der Waals surface area contributed by atoms with Crippen molar-refractivity contribution in [1.29, 1.82) is 0 Å². The van der Waals surface area contributed by atoms with Gasteiger partial charge in [-0.3, -0.25) is 9.59 Å². The molecule has 1 aromatic carbocycles. The average Bonchev–Trinajstić information content (AvgIpc) is 3.03. The van der Waals surface area contributed by atoms with E-state index in [0.717, 1.165) is 16.9 Å². The van der Waals surface area contributed by atoms with Crippen LogP contribution >= 0.6 is 11.6 Å². The number of fused-ring (bicyclic) bond motifs is 2. The van der Waals surface area contributed by atoms with Gasteiger partial charge < -0.3 is 14.8 Å². The van der Waals surface area contributed by atoms with Gasteiger partial charge in [0.05, 0.1) is 13.3 Å². The number of hydrogen-bond donors (Lipinski definition) is 3. The number of rotatable bonds is 2. The first-order chi connectivity index (χ1) is 12.1. The van der Waals surface area contributed by atoms with E-state index in [0.29, 0.717) is 18.1 Å². The van der Waals surface area contributed by atoms with Crippen molar-refractivity contribution in [3.05, 3.63) is 34.4 Å². The molecular weight excluding hydrogens is 346 g/mol. The van der Waals surface area contributed by atoms with Crippen molar-refractivity contribution in [2.45, 2.75) is 18.6 Å². The molecule has 3 N–H and O–H groups in total. The van der Waals surface area contributed by atoms with E-state index >= 15 is 0 Å². The predicted octanol–water partition coefficient (Wildman–Crippen LogP) is 0.844. The van der Waals surface area contributed by atoms with Crippen molar-refractivity contribution < 1.29 is 19.1 Å². The summed E-state index contributed by atoms with van der Waals surface area (Å²) in [6.07, 6.45) is 1.97. The Morgan fingerprint density at radius 3 is 3.00 bits per heavy atom. The number of esters is 1. The normalized spacial score (nSPS) is 30.5. The highest BCUT2D eigenvalue weighted by Crippen LogP contribution is 2.39. The number of halogens is 1. The SMILES string of the molecule is COC(=O)C1NNC2NC(=O)CC(C3=Cc4cc(Cl)ccc4OC3)C21. The number of hydrazine groups is 1. The monoisotopic (exact) mass is 363 g/mol. The van der Waals surface area contributed by atoms with E-state index in [-0.39, 0.29) is 29.9 Å². The summed E-state index contributed by atoms with van der Waals surface area (Å²) in [5.41, 5.74) is 7.77. The zero-order chi connectivity index (χ0) is 17.6. The van der Waals surface area contributed by atoms with Crippen molar-refractivity contribution in [3.8, 4) is 5.75 Å². The van der Waals surface area contributed by atoms with Gasteiger partial charge in [-0.25, -0.2) is 10.9 Å². The zero-order valence-electron chi connectivity index (χ0n) is 13.5. The van der Waals surface area contributed by atoms with E-state index in [1.54, 1.807) is 6.07 Å². The van der Waals surface area contributed by atoms with E-state index in [1.165, 1.54) is 7.11 Å². The minimum Gasteiger partial charge on any atom is -0.489 e. The summed E-state index contributed by atoms with van der Waals surface area (Å²) in [7, 11) is 1.36. The Hall–Kier alpha value is -2.09. The third kappa shape index (κ3) is 2.88. The van der Waals surface area contributed by atoms with Crippen LogP contribution in [0.2, 0.25) is 5.02 Å². The van der Waals surface area contributed by atoms with Gasteiger partial charge in [-0.2, -0.15) is 0 Å². The summed E-state index contributed by atoms with van der Waals surface area (Å²) in [6.45, 7) is 0.379. The molecule has 132 valence electrons. The molecule has 0 aliphatic carbocycles. The molecule has 4 atom stereocenters. The standard InChI is InChI=1S/C17H18ClN3O4/c1-24-17(23)15-14-11(6-13(22)19-16(14)21-20-15)9-4-8-5-10(18)2-3-12(8)25-7-9/h2-5,11,14-16,20-21H,6-7H2,1H3,(H,19,22). The van der Waals surface area contributed by atoms with Crippen molar-refractivity contribution in [1.82, 2.24) is 16.2 Å². The van der Waals surface area contributed by atoms with E-state index in [9.17, 15) is 9.59 Å². The molecule has 0 bridgehead atoms. The maximum Gasteiger partial charge on any atom is 0.324 e. The van der Waals surface area contributed by atoms with Crippen LogP contribution in [0.25, 0.3) is 6.08 Å². The van der Waals surface area contributed by atoms with Crippen LogP contribution in [-0.2, 0) is 14.3 Å². The van der Waals surface area contributed by atoms with Gasteiger partial charge in [0.15, 0.2) is 0 Å². The Labute approximate surface area is 149 Å². The third-order valence-electron chi connectivity index (χ3n) is 4.99. The number of benzene rings is 1. The fourth-order valence-electron chi connectivity index (χ4n) is 3.83. The van der Waals surface area contributed by atoms with Gasteiger partial charge in [-0.15, -0.1) is 0 Å². The fraction of sp³-hybridized carbons (Fsp3) is 0.412. The lowest BCUT2D eigenvalue weighted by Crippen LogP contribution is -2.54. The average molecular weight is 364 g/mol. The number of carbonyl (C=O) groups is 2. The van der Waals surface area contributed by atoms with Gasteiger partial charge >= 0.3 is 5.97 Å². The first-order valence-electron chi connectivity index (χ1n) is 8.08. The van der Waals surface area contributed by atoms with Crippen LogP contribution in [0.1, 0.15) is 12.0 Å². The lowest BCUT2D eigenvalue weighted by molar-refractivity contribution is -0.145. The van der Waals surface area contributed by atoms with Crippen LogP contribution in [0.4, 0.5) is 0 Å². The minimum absolute atomic E-state index is 0.0659. The molecule has 0 radical (unpaired) electrons. The molecule has 4 unspecified atom stereocenters. The molecule has 0 aromatic heterocycles. The van der Waals surface area contributed by atoms with Gasteiger partial charge in [0.2, 0.25) is 5.91 Å². The summed E-state index contributed by atoms with van der Waals surface area (Å²) in [4.78, 5) is 24.2. The molecule has 1 aromatic rings. The second-order valence-electron chi connectivity index (χ2n) is 6.41. The van der Waals surface area contributed by atoms with E-state index in [1.807, 2.05) is 18.2 Å². The summed E-state index contributed by atoms with van der Waals surface area (Å²) < 4.78 is 10.7. The van der Waals surface area contributed by atoms with E-state index < -0.39 is 6.04 Å². The Morgan fingerprint density at radius 1 is 1.36 bits per heavy atom. The van der Waals surface area contributed by atoms with Crippen molar-refractivity contribution in [3.63, 3.8) is 0 Å². The summed E-state index contributed by atoms with van der Waals surface area (Å²) in [5.74, 6) is 0.0288. The van der Waals surface area contributed by atoms with E-state index in [4.69, 9.17) is 21.1 Å². The number of nitrogens with one attached hydrogen (secondary N) is 3. The molecule has 2 fully saturated rings. The molecule has 4 rings (SSSR count). The second-order valence-corrected chi connectivity index (χ2v) is 6.85. The van der Waals surface area contributed by atoms with Crippen LogP contribution in [0.5, 0.6) is 5.75 Å². The van der Waals surface area contributed by atoms with Crippen LogP contribution < -0.4 is 20.9 Å². The maximum absolute atomic E-state index is 12.1. The Bertz CT molecular complexity index is 766. The number of amides is 1. The zero-order valence-corrected chi connectivity index (χ0v) is 14.3. The van der Waals surface area contributed by atoms with Gasteiger partial charge in [0.1, 0.15) is 18.4 Å². The second kappa shape index (κ2) is 6.33. The smallest absolute Gasteiger partial charge is 0.324 e. The molecule has 1 amide bonds. The topological polar surface area (TPSA) is 88.7 Å². The molecular formula is C17H18ClN3O4. The summed E-state index contributed by atoms with van der Waals surface area (Å²) >= 11 is 6.08. The Kier molecular flexibility index (Phi) is 4.15. The molecule has 3 aliphatic heterocycles. The third-order valence-corrected chi connectivity index (χ3v) is 5.22. The summed E-state index contributed by atoms with van der Waals surface area (Å²) in [5, 5.41) is 3.50. The molecule has 8 heteroatoms. The van der Waals surface area contributed by atoms with Crippen LogP contribution in [0.15, 0.2) is 23.8 Å². The Balaban J connectivity index is 1.69. The molecule has 3 aliphatic rings. The van der Waals surface area contributed by atoms with Gasteiger partial charge in [-0.1, -0.05) is 11.6 Å². The molecule has 7 nitrogen and oxygen atoms in total. The molecule has 3 heterocycles. The van der Waals surface area contributed by atoms with Crippen LogP contribution in [-0.4, -0.2) is 37.8 Å². The Morgan fingerprint density at radius 2 is 2.20 bits per heavy atom. The van der Waals surface area contributed by atoms with Crippen molar-refractivity contribution >= 4 is 29.6 Å². The molecule has 25 heavy (non-hydrogen) atoms. The number of methoxy groups -OCH3 is 1. The van der Waals surface area contributed by atoms with Gasteiger partial charge in [-0.05, 0) is 29.8 Å². The predicted molar refractivity (Wildman–Crippen MR) is 90.5 cm³/mol. The lowest BCUT2D eigenvalue weighted by Gasteiger charge is -2.37. The minimum atomic E-state index is -0.540. The van der Waals surface area contributed by atoms with Crippen molar-refractivity contribution in [2.75, 3.05) is 13.7 Å². The molecule has 0 spiro atoms. The van der Waals surface area contributed by atoms with Crippen LogP contribution in [0, 0.1) is 11.8 Å². The number of ether oxygens (including phenoxy) is 2. The lowest BCUT2D eigenvalue weighted by atomic mass is 9.75. The highest BCUT2D eigenvalue weighted by atomic mass is 35.5. The number of carbonyl (C=O) groups excluding carboxylic acids is 2. The first kappa shape index (κ1) is 16.4. The first-order valence-corrected chi connectivity index (χ1v) is 8.45. The highest BCUT2D eigenvalue weighted by molar-refractivity contribution is 6.30. The largest absolute Gasteiger partial charge is 0.489 e. The fourth-order valence-corrected chi connectivity index (χ4v) is 4.01. The number of hydrogen-bond acceptors (Lipinski definition) is 6. The summed E-state index contributed by atoms with van der Waals surface area (Å²) in [6, 6.07) is 4.90. The van der Waals surface area contributed by atoms with Crippen LogP contribution in [0.3, 0.4) is 0 Å². The highest BCUT2D eigenvalue weighted by Gasteiger charge is 2.50. The van der Waals surface area contributed by atoms with E-state index in [2.05, 4.69) is 16.2 Å². The molecule has 0 saturated carbocycles. The maximum atomic E-state index is 12.1.